The third kappa shape index (κ3) is 3.74. The maximum absolute atomic E-state index is 13.6. The van der Waals surface area contributed by atoms with E-state index in [0.29, 0.717) is 0 Å². The Kier molecular flexibility index (Phi) is 6.07. The first-order valence-corrected chi connectivity index (χ1v) is 9.09. The molecule has 2 amide bonds. The van der Waals surface area contributed by atoms with E-state index in [1.54, 1.807) is 6.92 Å². The molecule has 0 bridgehead atoms. The van der Waals surface area contributed by atoms with E-state index in [1.807, 2.05) is 91.0 Å². The van der Waals surface area contributed by atoms with Crippen LogP contribution in [0.15, 0.2) is 91.0 Å². The second-order valence-electron chi connectivity index (χ2n) is 6.15. The average Bonchev–Trinajstić information content (AvgIpc) is 2.75. The zero-order valence-electron chi connectivity index (χ0n) is 15.6. The van der Waals surface area contributed by atoms with Gasteiger partial charge in [0, 0.05) is 0 Å². The van der Waals surface area contributed by atoms with Crippen molar-refractivity contribution < 1.29 is 14.3 Å². The van der Waals surface area contributed by atoms with Crippen LogP contribution in [0.3, 0.4) is 0 Å². The van der Waals surface area contributed by atoms with Crippen molar-refractivity contribution >= 4 is 12.0 Å². The SMILES string of the molecule is CCOC(=O)NNC(=O)C(c1ccccc1)(c1ccccc1)c1ccccc1. The molecule has 0 aliphatic carbocycles. The molecule has 0 unspecified atom stereocenters. The molecule has 0 aromatic heterocycles. The van der Waals surface area contributed by atoms with E-state index in [4.69, 9.17) is 4.74 Å². The number of benzene rings is 3. The summed E-state index contributed by atoms with van der Waals surface area (Å²) in [5.41, 5.74) is 6.09. The number of hydrazine groups is 1. The molecule has 0 radical (unpaired) electrons. The Balaban J connectivity index is 2.17. The van der Waals surface area contributed by atoms with Gasteiger partial charge in [0.2, 0.25) is 0 Å². The maximum Gasteiger partial charge on any atom is 0.426 e. The van der Waals surface area contributed by atoms with E-state index in [-0.39, 0.29) is 12.5 Å². The molecular formula is C23H22N2O3. The number of amides is 2. The minimum absolute atomic E-state index is 0.211. The Bertz CT molecular complexity index is 816. The van der Waals surface area contributed by atoms with Crippen molar-refractivity contribution in [2.45, 2.75) is 12.3 Å². The summed E-state index contributed by atoms with van der Waals surface area (Å²) in [5, 5.41) is 0. The zero-order chi connectivity index (χ0) is 19.8. The monoisotopic (exact) mass is 374 g/mol. The summed E-state index contributed by atoms with van der Waals surface area (Å²) < 4.78 is 4.86. The standard InChI is InChI=1S/C23H22N2O3/c1-2-28-22(27)25-24-21(26)23(18-12-6-3-7-13-18,19-14-8-4-9-15-19)20-16-10-5-11-17-20/h3-17H,2H2,1H3,(H,24,26)(H,25,27). The molecule has 0 spiro atoms. The van der Waals surface area contributed by atoms with Gasteiger partial charge in [0.1, 0.15) is 5.41 Å². The first kappa shape index (κ1) is 19.2. The lowest BCUT2D eigenvalue weighted by molar-refractivity contribution is -0.125. The molecule has 5 heteroatoms. The summed E-state index contributed by atoms with van der Waals surface area (Å²) in [6.45, 7) is 1.91. The Labute approximate surface area is 164 Å². The second-order valence-corrected chi connectivity index (χ2v) is 6.15. The number of hydrogen-bond acceptors (Lipinski definition) is 3. The largest absolute Gasteiger partial charge is 0.449 e. The van der Waals surface area contributed by atoms with Gasteiger partial charge in [-0.1, -0.05) is 91.0 Å². The number of carbonyl (C=O) groups excluding carboxylic acids is 2. The van der Waals surface area contributed by atoms with Gasteiger partial charge < -0.3 is 4.74 Å². The van der Waals surface area contributed by atoms with Gasteiger partial charge in [-0.3, -0.25) is 10.2 Å². The highest BCUT2D eigenvalue weighted by Crippen LogP contribution is 2.39. The van der Waals surface area contributed by atoms with Crippen LogP contribution in [0, 0.1) is 0 Å². The first-order valence-electron chi connectivity index (χ1n) is 9.09. The molecule has 0 saturated carbocycles. The van der Waals surface area contributed by atoms with Gasteiger partial charge >= 0.3 is 6.09 Å². The smallest absolute Gasteiger partial charge is 0.426 e. The van der Waals surface area contributed by atoms with Crippen molar-refractivity contribution in [1.82, 2.24) is 10.9 Å². The van der Waals surface area contributed by atoms with Crippen molar-refractivity contribution in [3.8, 4) is 0 Å². The molecule has 0 saturated heterocycles. The number of rotatable bonds is 5. The van der Waals surface area contributed by atoms with E-state index in [1.165, 1.54) is 0 Å². The molecule has 0 heterocycles. The van der Waals surface area contributed by atoms with Crippen molar-refractivity contribution in [1.29, 1.82) is 0 Å². The number of hydrogen-bond donors (Lipinski definition) is 2. The van der Waals surface area contributed by atoms with E-state index < -0.39 is 11.5 Å². The number of ether oxygens (including phenoxy) is 1. The molecule has 0 aliphatic heterocycles. The molecule has 3 aromatic rings. The fraction of sp³-hybridized carbons (Fsp3) is 0.130. The van der Waals surface area contributed by atoms with Crippen molar-refractivity contribution in [2.24, 2.45) is 0 Å². The van der Waals surface area contributed by atoms with Crippen LogP contribution in [0.5, 0.6) is 0 Å². The van der Waals surface area contributed by atoms with Gasteiger partial charge in [-0.25, -0.2) is 10.2 Å². The van der Waals surface area contributed by atoms with Crippen molar-refractivity contribution in [3.63, 3.8) is 0 Å². The van der Waals surface area contributed by atoms with Crippen LogP contribution in [-0.2, 0) is 14.9 Å². The lowest BCUT2D eigenvalue weighted by atomic mass is 9.69. The normalized spacial score (nSPS) is 10.8. The summed E-state index contributed by atoms with van der Waals surface area (Å²) in [4.78, 5) is 25.3. The van der Waals surface area contributed by atoms with Crippen molar-refractivity contribution in [3.05, 3.63) is 108 Å². The Morgan fingerprint density at radius 3 is 1.46 bits per heavy atom. The number of nitrogens with one attached hydrogen (secondary N) is 2. The summed E-state index contributed by atoms with van der Waals surface area (Å²) in [6, 6.07) is 28.5. The Morgan fingerprint density at radius 1 is 0.714 bits per heavy atom. The van der Waals surface area contributed by atoms with Crippen LogP contribution in [0.2, 0.25) is 0 Å². The van der Waals surface area contributed by atoms with Crippen molar-refractivity contribution in [2.75, 3.05) is 6.61 Å². The second kappa shape index (κ2) is 8.86. The molecule has 3 rings (SSSR count). The van der Waals surface area contributed by atoms with Crippen LogP contribution in [0.4, 0.5) is 4.79 Å². The number of carbonyl (C=O) groups is 2. The summed E-state index contributed by atoms with van der Waals surface area (Å²) in [5.74, 6) is -0.385. The maximum atomic E-state index is 13.6. The minimum Gasteiger partial charge on any atom is -0.449 e. The van der Waals surface area contributed by atoms with Crippen LogP contribution >= 0.6 is 0 Å². The highest BCUT2D eigenvalue weighted by atomic mass is 16.5. The van der Waals surface area contributed by atoms with E-state index in [2.05, 4.69) is 10.9 Å². The Morgan fingerprint density at radius 2 is 1.11 bits per heavy atom. The van der Waals surface area contributed by atoms with Gasteiger partial charge in [-0.05, 0) is 23.6 Å². The third-order valence-corrected chi connectivity index (χ3v) is 4.51. The van der Waals surface area contributed by atoms with Crippen LogP contribution < -0.4 is 10.9 Å². The molecule has 2 N–H and O–H groups in total. The van der Waals surface area contributed by atoms with Gasteiger partial charge in [0.15, 0.2) is 0 Å². The molecule has 5 nitrogen and oxygen atoms in total. The lowest BCUT2D eigenvalue weighted by Crippen LogP contribution is -2.52. The predicted molar refractivity (Wildman–Crippen MR) is 108 cm³/mol. The quantitative estimate of drug-likeness (QED) is 0.527. The highest BCUT2D eigenvalue weighted by Gasteiger charge is 2.44. The van der Waals surface area contributed by atoms with Crippen LogP contribution in [0.1, 0.15) is 23.6 Å². The van der Waals surface area contributed by atoms with Gasteiger partial charge in [0.05, 0.1) is 6.61 Å². The molecule has 0 fully saturated rings. The van der Waals surface area contributed by atoms with Gasteiger partial charge in [0.25, 0.3) is 5.91 Å². The summed E-state index contributed by atoms with van der Waals surface area (Å²) >= 11 is 0. The minimum atomic E-state index is -1.15. The molecule has 28 heavy (non-hydrogen) atoms. The summed E-state index contributed by atoms with van der Waals surface area (Å²) in [7, 11) is 0. The molecule has 3 aromatic carbocycles. The van der Waals surface area contributed by atoms with E-state index in [9.17, 15) is 9.59 Å². The van der Waals surface area contributed by atoms with E-state index >= 15 is 0 Å². The topological polar surface area (TPSA) is 67.4 Å². The molecular weight excluding hydrogens is 352 g/mol. The summed E-state index contributed by atoms with van der Waals surface area (Å²) in [6.07, 6.45) is -0.709. The fourth-order valence-electron chi connectivity index (χ4n) is 3.33. The lowest BCUT2D eigenvalue weighted by Gasteiger charge is -2.34. The highest BCUT2D eigenvalue weighted by molar-refractivity contribution is 5.96. The van der Waals surface area contributed by atoms with Gasteiger partial charge in [-0.2, -0.15) is 0 Å². The van der Waals surface area contributed by atoms with E-state index in [0.717, 1.165) is 16.7 Å². The molecule has 0 aliphatic rings. The molecule has 0 atom stereocenters. The van der Waals surface area contributed by atoms with Crippen LogP contribution in [-0.4, -0.2) is 18.6 Å². The van der Waals surface area contributed by atoms with Gasteiger partial charge in [-0.15, -0.1) is 0 Å². The zero-order valence-corrected chi connectivity index (χ0v) is 15.6. The van der Waals surface area contributed by atoms with Crippen LogP contribution in [0.25, 0.3) is 0 Å². The third-order valence-electron chi connectivity index (χ3n) is 4.51. The fourth-order valence-corrected chi connectivity index (χ4v) is 3.33. The average molecular weight is 374 g/mol. The first-order chi connectivity index (χ1) is 13.7. The molecule has 142 valence electrons. The Hall–Kier alpha value is -3.60. The predicted octanol–water partition coefficient (Wildman–Crippen LogP) is 3.80.